The summed E-state index contributed by atoms with van der Waals surface area (Å²) in [5.74, 6) is 0.731. The molecule has 2 heteroatoms. The first-order valence-electron chi connectivity index (χ1n) is 7.72. The van der Waals surface area contributed by atoms with Gasteiger partial charge in [0.15, 0.2) is 0 Å². The summed E-state index contributed by atoms with van der Waals surface area (Å²) in [5, 5.41) is 3.24. The number of likely N-dealkylation sites (N-methyl/N-ethyl adjacent to an activating group) is 1. The molecule has 106 valence electrons. The average Bonchev–Trinajstić information content (AvgIpc) is 2.48. The van der Waals surface area contributed by atoms with Gasteiger partial charge >= 0.3 is 0 Å². The molecule has 0 aromatic heterocycles. The smallest absolute Gasteiger partial charge is 0.0161 e. The lowest BCUT2D eigenvalue weighted by Gasteiger charge is -2.38. The van der Waals surface area contributed by atoms with E-state index in [-0.39, 0.29) is 0 Å². The lowest BCUT2D eigenvalue weighted by Crippen LogP contribution is -2.40. The minimum atomic E-state index is 0.730. The standard InChI is InChI=1S/C17H28N2/c1-18-13-8-14-19(2)17-12-7-6-11-16(17)15-9-4-3-5-10-15/h3-5,9-10,16-18H,6-8,11-14H2,1-2H3. The fraction of sp³-hybridized carbons (Fsp3) is 0.647. The van der Waals surface area contributed by atoms with Crippen LogP contribution in [-0.4, -0.2) is 38.1 Å². The van der Waals surface area contributed by atoms with E-state index in [1.807, 2.05) is 7.05 Å². The predicted octanol–water partition coefficient (Wildman–Crippen LogP) is 3.25. The van der Waals surface area contributed by atoms with Crippen molar-refractivity contribution in [1.82, 2.24) is 10.2 Å². The molecule has 2 atom stereocenters. The Hall–Kier alpha value is -0.860. The Kier molecular flexibility index (Phi) is 5.87. The number of nitrogens with zero attached hydrogens (tertiary/aromatic N) is 1. The molecule has 19 heavy (non-hydrogen) atoms. The molecule has 1 saturated carbocycles. The zero-order chi connectivity index (χ0) is 13.5. The van der Waals surface area contributed by atoms with E-state index in [4.69, 9.17) is 0 Å². The minimum Gasteiger partial charge on any atom is -0.320 e. The van der Waals surface area contributed by atoms with Gasteiger partial charge in [0.1, 0.15) is 0 Å². The van der Waals surface area contributed by atoms with E-state index in [9.17, 15) is 0 Å². The number of rotatable bonds is 6. The Morgan fingerprint density at radius 1 is 1.16 bits per heavy atom. The Balaban J connectivity index is 1.99. The highest BCUT2D eigenvalue weighted by Gasteiger charge is 2.28. The highest BCUT2D eigenvalue weighted by atomic mass is 15.1. The largest absolute Gasteiger partial charge is 0.320 e. The van der Waals surface area contributed by atoms with Crippen LogP contribution in [0.15, 0.2) is 30.3 Å². The summed E-state index contributed by atoms with van der Waals surface area (Å²) >= 11 is 0. The van der Waals surface area contributed by atoms with E-state index >= 15 is 0 Å². The van der Waals surface area contributed by atoms with E-state index in [1.54, 1.807) is 0 Å². The summed E-state index contributed by atoms with van der Waals surface area (Å²) in [6.45, 7) is 2.32. The van der Waals surface area contributed by atoms with Gasteiger partial charge in [-0.3, -0.25) is 0 Å². The summed E-state index contributed by atoms with van der Waals surface area (Å²) in [7, 11) is 4.34. The van der Waals surface area contributed by atoms with Crippen LogP contribution in [0, 0.1) is 0 Å². The zero-order valence-corrected chi connectivity index (χ0v) is 12.4. The Bertz CT molecular complexity index is 350. The van der Waals surface area contributed by atoms with Gasteiger partial charge in [-0.15, -0.1) is 0 Å². The van der Waals surface area contributed by atoms with Crippen molar-refractivity contribution in [1.29, 1.82) is 0 Å². The Labute approximate surface area is 118 Å². The third-order valence-electron chi connectivity index (χ3n) is 4.46. The van der Waals surface area contributed by atoms with Gasteiger partial charge in [0.25, 0.3) is 0 Å². The van der Waals surface area contributed by atoms with E-state index in [2.05, 4.69) is 47.6 Å². The molecule has 1 aromatic carbocycles. The minimum absolute atomic E-state index is 0.730. The maximum atomic E-state index is 3.24. The van der Waals surface area contributed by atoms with Crippen molar-refractivity contribution < 1.29 is 0 Å². The second-order valence-electron chi connectivity index (χ2n) is 5.81. The summed E-state index contributed by atoms with van der Waals surface area (Å²) in [6, 6.07) is 11.8. The van der Waals surface area contributed by atoms with Gasteiger partial charge in [-0.25, -0.2) is 0 Å². The van der Waals surface area contributed by atoms with Crippen LogP contribution in [0.5, 0.6) is 0 Å². The van der Waals surface area contributed by atoms with Crippen LogP contribution in [0.25, 0.3) is 0 Å². The summed E-state index contributed by atoms with van der Waals surface area (Å²) in [6.07, 6.45) is 6.73. The first-order chi connectivity index (χ1) is 9.33. The molecule has 1 aliphatic rings. The number of nitrogens with one attached hydrogen (secondary N) is 1. The lowest BCUT2D eigenvalue weighted by molar-refractivity contribution is 0.166. The SMILES string of the molecule is CNCCCN(C)C1CCCCC1c1ccccc1. The van der Waals surface area contributed by atoms with Crippen molar-refractivity contribution in [3.05, 3.63) is 35.9 Å². The molecule has 0 saturated heterocycles. The summed E-state index contributed by atoms with van der Waals surface area (Å²) in [4.78, 5) is 2.59. The summed E-state index contributed by atoms with van der Waals surface area (Å²) in [5.41, 5.74) is 1.53. The third-order valence-corrected chi connectivity index (χ3v) is 4.46. The van der Waals surface area contributed by atoms with Crippen molar-refractivity contribution in [2.75, 3.05) is 27.2 Å². The highest BCUT2D eigenvalue weighted by molar-refractivity contribution is 5.22. The fourth-order valence-electron chi connectivity index (χ4n) is 3.40. The highest BCUT2D eigenvalue weighted by Crippen LogP contribution is 2.35. The second kappa shape index (κ2) is 7.66. The quantitative estimate of drug-likeness (QED) is 0.790. The first kappa shape index (κ1) is 14.5. The van der Waals surface area contributed by atoms with E-state index < -0.39 is 0 Å². The van der Waals surface area contributed by atoms with Gasteiger partial charge in [-0.05, 0) is 57.9 Å². The maximum Gasteiger partial charge on any atom is 0.0161 e. The van der Waals surface area contributed by atoms with Gasteiger partial charge in [-0.2, -0.15) is 0 Å². The van der Waals surface area contributed by atoms with Crippen molar-refractivity contribution >= 4 is 0 Å². The van der Waals surface area contributed by atoms with Crippen LogP contribution in [0.4, 0.5) is 0 Å². The monoisotopic (exact) mass is 260 g/mol. The Morgan fingerprint density at radius 2 is 1.89 bits per heavy atom. The average molecular weight is 260 g/mol. The van der Waals surface area contributed by atoms with Crippen LogP contribution in [0.3, 0.4) is 0 Å². The van der Waals surface area contributed by atoms with Crippen molar-refractivity contribution in [3.8, 4) is 0 Å². The number of hydrogen-bond donors (Lipinski definition) is 1. The summed E-state index contributed by atoms with van der Waals surface area (Å²) < 4.78 is 0. The van der Waals surface area contributed by atoms with Crippen molar-refractivity contribution in [3.63, 3.8) is 0 Å². The molecular formula is C17H28N2. The molecule has 0 aliphatic heterocycles. The van der Waals surface area contributed by atoms with E-state index in [1.165, 1.54) is 44.2 Å². The van der Waals surface area contributed by atoms with Gasteiger partial charge in [0.05, 0.1) is 0 Å². The maximum absolute atomic E-state index is 3.24. The molecule has 2 rings (SSSR count). The van der Waals surface area contributed by atoms with Crippen LogP contribution >= 0.6 is 0 Å². The molecule has 1 N–H and O–H groups in total. The lowest BCUT2D eigenvalue weighted by atomic mass is 9.79. The van der Waals surface area contributed by atoms with Crippen LogP contribution in [0.2, 0.25) is 0 Å². The molecule has 0 spiro atoms. The molecule has 1 aliphatic carbocycles. The molecule has 0 bridgehead atoms. The van der Waals surface area contributed by atoms with E-state index in [0.29, 0.717) is 0 Å². The zero-order valence-electron chi connectivity index (χ0n) is 12.4. The fourth-order valence-corrected chi connectivity index (χ4v) is 3.40. The Morgan fingerprint density at radius 3 is 2.63 bits per heavy atom. The second-order valence-corrected chi connectivity index (χ2v) is 5.81. The van der Waals surface area contributed by atoms with Crippen LogP contribution in [0.1, 0.15) is 43.6 Å². The van der Waals surface area contributed by atoms with E-state index in [0.717, 1.165) is 18.5 Å². The van der Waals surface area contributed by atoms with Gasteiger partial charge in [0, 0.05) is 6.04 Å². The van der Waals surface area contributed by atoms with Crippen LogP contribution in [-0.2, 0) is 0 Å². The van der Waals surface area contributed by atoms with Crippen LogP contribution < -0.4 is 5.32 Å². The van der Waals surface area contributed by atoms with Crippen molar-refractivity contribution in [2.24, 2.45) is 0 Å². The first-order valence-corrected chi connectivity index (χ1v) is 7.72. The molecular weight excluding hydrogens is 232 g/mol. The topological polar surface area (TPSA) is 15.3 Å². The molecule has 2 nitrogen and oxygen atoms in total. The molecule has 0 amide bonds. The van der Waals surface area contributed by atoms with Crippen molar-refractivity contribution in [2.45, 2.75) is 44.1 Å². The number of benzene rings is 1. The molecule has 0 heterocycles. The number of hydrogen-bond acceptors (Lipinski definition) is 2. The molecule has 0 radical (unpaired) electrons. The molecule has 1 aromatic rings. The van der Waals surface area contributed by atoms with Gasteiger partial charge in [0.2, 0.25) is 0 Å². The third kappa shape index (κ3) is 4.05. The molecule has 2 unspecified atom stereocenters. The molecule has 1 fully saturated rings. The normalized spacial score (nSPS) is 23.7. The van der Waals surface area contributed by atoms with Gasteiger partial charge in [-0.1, -0.05) is 43.2 Å². The van der Waals surface area contributed by atoms with Gasteiger partial charge < -0.3 is 10.2 Å². The predicted molar refractivity (Wildman–Crippen MR) is 82.6 cm³/mol.